The topological polar surface area (TPSA) is 3.01 Å². The first-order chi connectivity index (χ1) is 10.2. The number of piperidine rings is 1. The van der Waals surface area contributed by atoms with Crippen molar-refractivity contribution in [1.29, 1.82) is 0 Å². The zero-order chi connectivity index (χ0) is 14.7. The molecule has 1 saturated heterocycles. The van der Waals surface area contributed by atoms with Crippen LogP contribution in [0.15, 0.2) is 54.6 Å². The Hall–Kier alpha value is -1.60. The van der Waals surface area contributed by atoms with Crippen molar-refractivity contribution >= 4 is 17.3 Å². The van der Waals surface area contributed by atoms with Crippen LogP contribution >= 0.6 is 11.6 Å². The van der Waals surface area contributed by atoms with Gasteiger partial charge in [0, 0.05) is 29.0 Å². The average molecular weight is 299 g/mol. The van der Waals surface area contributed by atoms with Crippen LogP contribution in [0.25, 0.3) is 0 Å². The van der Waals surface area contributed by atoms with Gasteiger partial charge < -0.3 is 0 Å². The van der Waals surface area contributed by atoms with E-state index in [4.69, 9.17) is 11.6 Å². The molecule has 0 unspecified atom stereocenters. The molecule has 0 saturated carbocycles. The molecule has 3 rings (SSSR count). The SMILES string of the molecule is CC1CC[N+](=C(c2ccccc2)c2ccc(Cl)cc2)CC1. The molecule has 0 atom stereocenters. The second-order valence-corrected chi connectivity index (χ2v) is 6.33. The molecule has 2 heteroatoms. The van der Waals surface area contributed by atoms with Gasteiger partial charge in [-0.1, -0.05) is 36.7 Å². The Morgan fingerprint density at radius 1 is 0.905 bits per heavy atom. The van der Waals surface area contributed by atoms with Gasteiger partial charge in [0.05, 0.1) is 0 Å². The molecule has 108 valence electrons. The molecule has 1 fully saturated rings. The van der Waals surface area contributed by atoms with E-state index in [1.807, 2.05) is 12.1 Å². The molecule has 0 spiro atoms. The third-order valence-electron chi connectivity index (χ3n) is 4.26. The fraction of sp³-hybridized carbons (Fsp3) is 0.316. The van der Waals surface area contributed by atoms with Crippen LogP contribution in [0.5, 0.6) is 0 Å². The number of hydrogen-bond acceptors (Lipinski definition) is 0. The zero-order valence-corrected chi connectivity index (χ0v) is 13.2. The average Bonchev–Trinajstić information content (AvgIpc) is 2.52. The Labute approximate surface area is 131 Å². The molecule has 1 aliphatic rings. The maximum absolute atomic E-state index is 6.04. The van der Waals surface area contributed by atoms with Crippen molar-refractivity contribution < 1.29 is 4.58 Å². The second kappa shape index (κ2) is 6.44. The Balaban J connectivity index is 2.07. The van der Waals surface area contributed by atoms with Crippen LogP contribution in [0.3, 0.4) is 0 Å². The van der Waals surface area contributed by atoms with E-state index in [1.165, 1.54) is 29.7 Å². The minimum Gasteiger partial charge on any atom is -0.229 e. The molecule has 2 aromatic carbocycles. The summed E-state index contributed by atoms with van der Waals surface area (Å²) >= 11 is 6.04. The van der Waals surface area contributed by atoms with E-state index in [-0.39, 0.29) is 0 Å². The Morgan fingerprint density at radius 2 is 1.48 bits per heavy atom. The molecule has 1 heterocycles. The third-order valence-corrected chi connectivity index (χ3v) is 4.52. The summed E-state index contributed by atoms with van der Waals surface area (Å²) in [5.41, 5.74) is 3.87. The Bertz CT molecular complexity index is 618. The molecule has 0 aliphatic carbocycles. The number of benzene rings is 2. The zero-order valence-electron chi connectivity index (χ0n) is 12.4. The number of nitrogens with zero attached hydrogens (tertiary/aromatic N) is 1. The van der Waals surface area contributed by atoms with E-state index in [9.17, 15) is 0 Å². The van der Waals surface area contributed by atoms with Gasteiger partial charge >= 0.3 is 0 Å². The van der Waals surface area contributed by atoms with Crippen LogP contribution in [0.2, 0.25) is 5.02 Å². The van der Waals surface area contributed by atoms with Crippen LogP contribution in [0.1, 0.15) is 30.9 Å². The normalized spacial score (nSPS) is 18.6. The summed E-state index contributed by atoms with van der Waals surface area (Å²) in [6.45, 7) is 4.61. The first kappa shape index (κ1) is 14.3. The van der Waals surface area contributed by atoms with Gasteiger partial charge in [0.25, 0.3) is 0 Å². The minimum atomic E-state index is 0.790. The largest absolute Gasteiger partial charge is 0.229 e. The van der Waals surface area contributed by atoms with Gasteiger partial charge in [-0.2, -0.15) is 0 Å². The van der Waals surface area contributed by atoms with Crippen LogP contribution < -0.4 is 0 Å². The molecule has 0 N–H and O–H groups in total. The highest BCUT2D eigenvalue weighted by Crippen LogP contribution is 2.19. The van der Waals surface area contributed by atoms with E-state index >= 15 is 0 Å². The predicted octanol–water partition coefficient (Wildman–Crippen LogP) is 4.62. The molecule has 1 aliphatic heterocycles. The predicted molar refractivity (Wildman–Crippen MR) is 89.5 cm³/mol. The number of hydrogen-bond donors (Lipinski definition) is 0. The summed E-state index contributed by atoms with van der Waals surface area (Å²) in [7, 11) is 0. The smallest absolute Gasteiger partial charge is 0.214 e. The van der Waals surface area contributed by atoms with E-state index in [1.54, 1.807) is 0 Å². The van der Waals surface area contributed by atoms with Crippen molar-refractivity contribution in [2.45, 2.75) is 19.8 Å². The number of rotatable bonds is 2. The summed E-state index contributed by atoms with van der Waals surface area (Å²) in [5, 5.41) is 0.790. The summed E-state index contributed by atoms with van der Waals surface area (Å²) in [5.74, 6) is 0.837. The lowest BCUT2D eigenvalue weighted by Gasteiger charge is -2.19. The molecular formula is C19H21ClN+. The highest BCUT2D eigenvalue weighted by atomic mass is 35.5. The fourth-order valence-corrected chi connectivity index (χ4v) is 3.09. The van der Waals surface area contributed by atoms with E-state index in [2.05, 4.69) is 54.0 Å². The van der Waals surface area contributed by atoms with Crippen molar-refractivity contribution in [2.75, 3.05) is 13.1 Å². The molecular weight excluding hydrogens is 278 g/mol. The lowest BCUT2D eigenvalue weighted by molar-refractivity contribution is -0.539. The standard InChI is InChI=1S/C19H21ClN/c1-15-11-13-21(14-12-15)19(16-5-3-2-4-6-16)17-7-9-18(20)10-8-17/h2-10,15H,11-14H2,1H3/q+1. The first-order valence-electron chi connectivity index (χ1n) is 7.67. The third kappa shape index (κ3) is 3.36. The van der Waals surface area contributed by atoms with Crippen LogP contribution in [0.4, 0.5) is 0 Å². The Morgan fingerprint density at radius 3 is 2.10 bits per heavy atom. The molecule has 0 radical (unpaired) electrons. The molecule has 1 nitrogen and oxygen atoms in total. The van der Waals surface area contributed by atoms with Crippen molar-refractivity contribution in [1.82, 2.24) is 0 Å². The van der Waals surface area contributed by atoms with E-state index < -0.39 is 0 Å². The van der Waals surface area contributed by atoms with Crippen LogP contribution in [-0.4, -0.2) is 23.4 Å². The first-order valence-corrected chi connectivity index (χ1v) is 8.05. The van der Waals surface area contributed by atoms with Gasteiger partial charge in [-0.3, -0.25) is 0 Å². The quantitative estimate of drug-likeness (QED) is 0.712. The number of halogens is 1. The molecule has 2 aromatic rings. The van der Waals surface area contributed by atoms with Crippen LogP contribution in [-0.2, 0) is 0 Å². The fourth-order valence-electron chi connectivity index (χ4n) is 2.97. The molecule has 0 amide bonds. The second-order valence-electron chi connectivity index (χ2n) is 5.89. The van der Waals surface area contributed by atoms with Gasteiger partial charge in [-0.25, -0.2) is 4.58 Å². The highest BCUT2D eigenvalue weighted by molar-refractivity contribution is 6.30. The van der Waals surface area contributed by atoms with E-state index in [0.29, 0.717) is 0 Å². The lowest BCUT2D eigenvalue weighted by Crippen LogP contribution is -2.31. The van der Waals surface area contributed by atoms with Gasteiger partial charge in [0.1, 0.15) is 13.1 Å². The van der Waals surface area contributed by atoms with Gasteiger partial charge in [0.15, 0.2) is 0 Å². The maximum atomic E-state index is 6.04. The van der Waals surface area contributed by atoms with Crippen molar-refractivity contribution in [3.8, 4) is 0 Å². The van der Waals surface area contributed by atoms with Gasteiger partial charge in [-0.15, -0.1) is 0 Å². The summed E-state index contributed by atoms with van der Waals surface area (Å²) < 4.78 is 2.53. The van der Waals surface area contributed by atoms with Crippen molar-refractivity contribution in [2.24, 2.45) is 5.92 Å². The van der Waals surface area contributed by atoms with E-state index in [0.717, 1.165) is 24.0 Å². The lowest BCUT2D eigenvalue weighted by atomic mass is 9.97. The van der Waals surface area contributed by atoms with Gasteiger partial charge in [0.2, 0.25) is 5.71 Å². The summed E-state index contributed by atoms with van der Waals surface area (Å²) in [4.78, 5) is 0. The maximum Gasteiger partial charge on any atom is 0.214 e. The Kier molecular flexibility index (Phi) is 4.40. The monoisotopic (exact) mass is 298 g/mol. The molecule has 0 bridgehead atoms. The van der Waals surface area contributed by atoms with Crippen LogP contribution in [0, 0.1) is 5.92 Å². The van der Waals surface area contributed by atoms with Gasteiger partial charge in [-0.05, 0) is 42.3 Å². The minimum absolute atomic E-state index is 0.790. The molecule has 21 heavy (non-hydrogen) atoms. The molecule has 0 aromatic heterocycles. The van der Waals surface area contributed by atoms with Crippen molar-refractivity contribution in [3.63, 3.8) is 0 Å². The summed E-state index contributed by atoms with van der Waals surface area (Å²) in [6.07, 6.45) is 2.54. The van der Waals surface area contributed by atoms with Crippen molar-refractivity contribution in [3.05, 3.63) is 70.7 Å². The summed E-state index contributed by atoms with van der Waals surface area (Å²) in [6, 6.07) is 18.9. The highest BCUT2D eigenvalue weighted by Gasteiger charge is 2.24.